The van der Waals surface area contributed by atoms with E-state index in [0.717, 1.165) is 6.07 Å². The quantitative estimate of drug-likeness (QED) is 0.816. The highest BCUT2D eigenvalue weighted by molar-refractivity contribution is 6.58. The van der Waals surface area contributed by atoms with E-state index in [4.69, 9.17) is 14.8 Å². The van der Waals surface area contributed by atoms with Crippen LogP contribution in [-0.2, 0) is 6.61 Å². The first kappa shape index (κ1) is 13.5. The Labute approximate surface area is 109 Å². The lowest BCUT2D eigenvalue weighted by Gasteiger charge is -2.08. The van der Waals surface area contributed by atoms with Crippen molar-refractivity contribution >= 4 is 12.6 Å². The largest absolute Gasteiger partial charge is 0.489 e. The van der Waals surface area contributed by atoms with Crippen LogP contribution in [-0.4, -0.2) is 17.2 Å². The molecule has 0 aliphatic carbocycles. The maximum atomic E-state index is 13.4. The summed E-state index contributed by atoms with van der Waals surface area (Å²) in [6.07, 6.45) is 0. The summed E-state index contributed by atoms with van der Waals surface area (Å²) < 4.78 is 31.6. The SMILES string of the molecule is OB(O)c1cccc(OCc2cccc(F)c2F)c1. The fraction of sp³-hybridized carbons (Fsp3) is 0.0769. The first-order chi connectivity index (χ1) is 9.08. The van der Waals surface area contributed by atoms with Crippen molar-refractivity contribution in [3.05, 3.63) is 59.7 Å². The molecule has 2 aromatic carbocycles. The minimum atomic E-state index is -1.60. The average Bonchev–Trinajstić information content (AvgIpc) is 2.41. The van der Waals surface area contributed by atoms with Gasteiger partial charge in [0.05, 0.1) is 0 Å². The van der Waals surface area contributed by atoms with Crippen LogP contribution in [0, 0.1) is 11.6 Å². The zero-order valence-corrected chi connectivity index (χ0v) is 9.88. The Bertz CT molecular complexity index is 576. The molecule has 0 atom stereocenters. The van der Waals surface area contributed by atoms with E-state index in [2.05, 4.69) is 0 Å². The first-order valence-corrected chi connectivity index (χ1v) is 5.59. The molecule has 0 aliphatic rings. The van der Waals surface area contributed by atoms with Crippen LogP contribution in [0.1, 0.15) is 5.56 Å². The normalized spacial score (nSPS) is 10.3. The molecule has 2 aromatic rings. The molecular weight excluding hydrogens is 253 g/mol. The predicted molar refractivity (Wildman–Crippen MR) is 67.0 cm³/mol. The summed E-state index contributed by atoms with van der Waals surface area (Å²) in [5, 5.41) is 18.0. The van der Waals surface area contributed by atoms with Crippen LogP contribution in [0.4, 0.5) is 8.78 Å². The third kappa shape index (κ3) is 3.30. The topological polar surface area (TPSA) is 49.7 Å². The van der Waals surface area contributed by atoms with Gasteiger partial charge in [-0.1, -0.05) is 24.3 Å². The summed E-state index contributed by atoms with van der Waals surface area (Å²) >= 11 is 0. The monoisotopic (exact) mass is 264 g/mol. The van der Waals surface area contributed by atoms with Crippen LogP contribution in [0.2, 0.25) is 0 Å². The van der Waals surface area contributed by atoms with Crippen LogP contribution in [0.3, 0.4) is 0 Å². The maximum Gasteiger partial charge on any atom is 0.488 e. The Kier molecular flexibility index (Phi) is 4.14. The number of hydrogen-bond donors (Lipinski definition) is 2. The molecule has 0 aliphatic heterocycles. The molecule has 98 valence electrons. The summed E-state index contributed by atoms with van der Waals surface area (Å²) in [6.45, 7) is -0.144. The zero-order chi connectivity index (χ0) is 13.8. The van der Waals surface area contributed by atoms with Crippen LogP contribution in [0.25, 0.3) is 0 Å². The average molecular weight is 264 g/mol. The summed E-state index contributed by atoms with van der Waals surface area (Å²) in [5.74, 6) is -1.53. The minimum Gasteiger partial charge on any atom is -0.489 e. The molecule has 0 aromatic heterocycles. The van der Waals surface area contributed by atoms with Gasteiger partial charge in [-0.05, 0) is 23.7 Å². The van der Waals surface area contributed by atoms with Crippen molar-refractivity contribution in [2.75, 3.05) is 0 Å². The standard InChI is InChI=1S/C13H11BF2O3/c15-12-6-1-3-9(13(12)16)8-19-11-5-2-4-10(7-11)14(17)18/h1-7,17-18H,8H2. The molecule has 0 spiro atoms. The van der Waals surface area contributed by atoms with Crippen molar-refractivity contribution < 1.29 is 23.6 Å². The summed E-state index contributed by atoms with van der Waals surface area (Å²) in [7, 11) is -1.60. The zero-order valence-electron chi connectivity index (χ0n) is 9.88. The van der Waals surface area contributed by atoms with E-state index in [9.17, 15) is 8.78 Å². The summed E-state index contributed by atoms with van der Waals surface area (Å²) in [5.41, 5.74) is 0.354. The number of hydrogen-bond acceptors (Lipinski definition) is 3. The van der Waals surface area contributed by atoms with Gasteiger partial charge in [-0.3, -0.25) is 0 Å². The van der Waals surface area contributed by atoms with Gasteiger partial charge < -0.3 is 14.8 Å². The summed E-state index contributed by atoms with van der Waals surface area (Å²) in [4.78, 5) is 0. The van der Waals surface area contributed by atoms with E-state index >= 15 is 0 Å². The second-order valence-corrected chi connectivity index (χ2v) is 3.95. The van der Waals surface area contributed by atoms with Crippen molar-refractivity contribution in [1.29, 1.82) is 0 Å². The lowest BCUT2D eigenvalue weighted by Crippen LogP contribution is -2.29. The fourth-order valence-electron chi connectivity index (χ4n) is 1.59. The molecular formula is C13H11BF2O3. The molecule has 0 saturated heterocycles. The smallest absolute Gasteiger partial charge is 0.488 e. The molecule has 2 N–H and O–H groups in total. The second-order valence-electron chi connectivity index (χ2n) is 3.95. The van der Waals surface area contributed by atoms with Crippen molar-refractivity contribution in [3.8, 4) is 5.75 Å². The second kappa shape index (κ2) is 5.82. The van der Waals surface area contributed by atoms with Crippen molar-refractivity contribution in [2.45, 2.75) is 6.61 Å². The highest BCUT2D eigenvalue weighted by atomic mass is 19.2. The molecule has 6 heteroatoms. The Morgan fingerprint density at radius 2 is 1.79 bits per heavy atom. The van der Waals surface area contributed by atoms with Gasteiger partial charge in [0.1, 0.15) is 12.4 Å². The molecule has 19 heavy (non-hydrogen) atoms. The van der Waals surface area contributed by atoms with Gasteiger partial charge in [-0.2, -0.15) is 0 Å². The van der Waals surface area contributed by atoms with Crippen molar-refractivity contribution in [3.63, 3.8) is 0 Å². The van der Waals surface area contributed by atoms with E-state index in [1.807, 2.05) is 0 Å². The molecule has 2 rings (SSSR count). The van der Waals surface area contributed by atoms with E-state index < -0.39 is 18.8 Å². The highest BCUT2D eigenvalue weighted by Gasteiger charge is 2.12. The highest BCUT2D eigenvalue weighted by Crippen LogP contribution is 2.15. The number of halogens is 2. The molecule has 0 amide bonds. The Morgan fingerprint density at radius 1 is 1.05 bits per heavy atom. The van der Waals surface area contributed by atoms with Gasteiger partial charge in [-0.15, -0.1) is 0 Å². The molecule has 0 fully saturated rings. The van der Waals surface area contributed by atoms with Gasteiger partial charge in [0, 0.05) is 5.56 Å². The van der Waals surface area contributed by atoms with Gasteiger partial charge >= 0.3 is 7.12 Å². The Balaban J connectivity index is 2.10. The number of benzene rings is 2. The van der Waals surface area contributed by atoms with Crippen LogP contribution >= 0.6 is 0 Å². The number of ether oxygens (including phenoxy) is 1. The molecule has 0 radical (unpaired) electrons. The molecule has 0 bridgehead atoms. The lowest BCUT2D eigenvalue weighted by atomic mass is 9.80. The third-order valence-electron chi connectivity index (χ3n) is 2.58. The van der Waals surface area contributed by atoms with Crippen LogP contribution < -0.4 is 10.2 Å². The molecule has 0 heterocycles. The number of rotatable bonds is 4. The maximum absolute atomic E-state index is 13.4. The Morgan fingerprint density at radius 3 is 2.53 bits per heavy atom. The molecule has 3 nitrogen and oxygen atoms in total. The van der Waals surface area contributed by atoms with E-state index in [-0.39, 0.29) is 17.6 Å². The third-order valence-corrected chi connectivity index (χ3v) is 2.58. The van der Waals surface area contributed by atoms with Crippen molar-refractivity contribution in [1.82, 2.24) is 0 Å². The first-order valence-electron chi connectivity index (χ1n) is 5.59. The molecule has 0 unspecified atom stereocenters. The minimum absolute atomic E-state index is 0.0925. The molecule has 0 saturated carbocycles. The summed E-state index contributed by atoms with van der Waals surface area (Å²) in [6, 6.07) is 9.94. The van der Waals surface area contributed by atoms with Crippen LogP contribution in [0.15, 0.2) is 42.5 Å². The van der Waals surface area contributed by atoms with Gasteiger partial charge in [0.25, 0.3) is 0 Å². The van der Waals surface area contributed by atoms with Gasteiger partial charge in [-0.25, -0.2) is 8.78 Å². The predicted octanol–water partition coefficient (Wildman–Crippen LogP) is 1.22. The fourth-order valence-corrected chi connectivity index (χ4v) is 1.59. The lowest BCUT2D eigenvalue weighted by molar-refractivity contribution is 0.297. The van der Waals surface area contributed by atoms with E-state index in [0.29, 0.717) is 5.75 Å². The van der Waals surface area contributed by atoms with Gasteiger partial charge in [0.2, 0.25) is 0 Å². The van der Waals surface area contributed by atoms with Gasteiger partial charge in [0.15, 0.2) is 11.6 Å². The van der Waals surface area contributed by atoms with E-state index in [1.54, 1.807) is 12.1 Å². The van der Waals surface area contributed by atoms with Crippen LogP contribution in [0.5, 0.6) is 5.75 Å². The van der Waals surface area contributed by atoms with Crippen molar-refractivity contribution in [2.24, 2.45) is 0 Å². The van der Waals surface area contributed by atoms with E-state index in [1.165, 1.54) is 24.3 Å². The Hall–Kier alpha value is -1.92.